The number of nitrogens with one attached hydrogen (secondary N) is 1. The van der Waals surface area contributed by atoms with Gasteiger partial charge in [-0.15, -0.1) is 6.58 Å². The van der Waals surface area contributed by atoms with Gasteiger partial charge < -0.3 is 4.43 Å². The highest BCUT2D eigenvalue weighted by molar-refractivity contribution is 6.55. The molecule has 13 heavy (non-hydrogen) atoms. The fourth-order valence-electron chi connectivity index (χ4n) is 0.701. The van der Waals surface area contributed by atoms with Gasteiger partial charge in [0.05, 0.1) is 0 Å². The number of hydrogen-bond acceptors (Lipinski definition) is 3. The van der Waals surface area contributed by atoms with E-state index in [1.165, 1.54) is 0 Å². The van der Waals surface area contributed by atoms with Crippen LogP contribution in [0.1, 0.15) is 20.3 Å². The zero-order chi connectivity index (χ0) is 10.1. The van der Waals surface area contributed by atoms with Crippen LogP contribution in [0.5, 0.6) is 0 Å². The highest BCUT2D eigenvalue weighted by Gasteiger charge is 1.96. The van der Waals surface area contributed by atoms with E-state index in [4.69, 9.17) is 9.26 Å². The first-order valence-electron chi connectivity index (χ1n) is 4.49. The molecule has 0 aliphatic rings. The molecule has 0 aromatic heterocycles. The lowest BCUT2D eigenvalue weighted by Crippen LogP contribution is -2.19. The summed E-state index contributed by atoms with van der Waals surface area (Å²) < 4.78 is 5.33. The van der Waals surface area contributed by atoms with Gasteiger partial charge in [-0.25, -0.2) is 4.84 Å². The molecule has 0 bridgehead atoms. The minimum Gasteiger partial charge on any atom is -0.392 e. The Hall–Kier alpha value is -0.583. The highest BCUT2D eigenvalue weighted by Crippen LogP contribution is 1.91. The van der Waals surface area contributed by atoms with Gasteiger partial charge >= 0.3 is 0 Å². The van der Waals surface area contributed by atoms with Crippen molar-refractivity contribution < 1.29 is 9.26 Å². The van der Waals surface area contributed by atoms with Crippen molar-refractivity contribution in [3.63, 3.8) is 0 Å². The summed E-state index contributed by atoms with van der Waals surface area (Å²) in [4.78, 5) is 5.07. The van der Waals surface area contributed by atoms with E-state index in [1.807, 2.05) is 25.2 Å². The Balaban J connectivity index is 3.35. The first-order valence-corrected chi connectivity index (χ1v) is 6.78. The molecule has 0 rings (SSSR count). The van der Waals surface area contributed by atoms with Crippen molar-refractivity contribution in [2.45, 2.75) is 26.8 Å². The lowest BCUT2D eigenvalue weighted by molar-refractivity contribution is -0.0340. The van der Waals surface area contributed by atoms with E-state index in [-0.39, 0.29) is 6.79 Å². The Kier molecular flexibility index (Phi) is 7.67. The molecule has 0 aliphatic heterocycles. The van der Waals surface area contributed by atoms with Crippen molar-refractivity contribution in [1.29, 1.82) is 0 Å². The summed E-state index contributed by atoms with van der Waals surface area (Å²) in [5.74, 6) is 0. The molecule has 0 aromatic carbocycles. The standard InChI is InChI=1S/C9H19NO2Si/c1-5-7-9(3)10-11-8-12-13(4)6-2/h6-7,10,13H,2,5,8H2,1,3-4H3. The first-order chi connectivity index (χ1) is 6.20. The smallest absolute Gasteiger partial charge is 0.200 e. The van der Waals surface area contributed by atoms with E-state index >= 15 is 0 Å². The van der Waals surface area contributed by atoms with Crippen LogP contribution in [0.2, 0.25) is 6.55 Å². The molecule has 0 aromatic rings. The van der Waals surface area contributed by atoms with Crippen LogP contribution in [0, 0.1) is 0 Å². The van der Waals surface area contributed by atoms with Gasteiger partial charge in [0.25, 0.3) is 0 Å². The second kappa shape index (κ2) is 8.04. The molecule has 0 amide bonds. The topological polar surface area (TPSA) is 30.5 Å². The van der Waals surface area contributed by atoms with Crippen LogP contribution in [0.25, 0.3) is 0 Å². The van der Waals surface area contributed by atoms with Crippen molar-refractivity contribution in [2.75, 3.05) is 6.79 Å². The van der Waals surface area contributed by atoms with E-state index < -0.39 is 9.04 Å². The van der Waals surface area contributed by atoms with Crippen molar-refractivity contribution in [3.05, 3.63) is 24.1 Å². The summed E-state index contributed by atoms with van der Waals surface area (Å²) in [6.07, 6.45) is 3.05. The molecule has 0 saturated heterocycles. The summed E-state index contributed by atoms with van der Waals surface area (Å²) in [5.41, 5.74) is 5.66. The highest BCUT2D eigenvalue weighted by atomic mass is 28.3. The zero-order valence-electron chi connectivity index (χ0n) is 8.67. The van der Waals surface area contributed by atoms with E-state index in [0.29, 0.717) is 0 Å². The Morgan fingerprint density at radius 2 is 2.31 bits per heavy atom. The number of hydrogen-bond donors (Lipinski definition) is 1. The minimum atomic E-state index is -1.18. The fraction of sp³-hybridized carbons (Fsp3) is 0.556. The Labute approximate surface area is 82.1 Å². The first kappa shape index (κ1) is 12.4. The molecule has 0 fully saturated rings. The van der Waals surface area contributed by atoms with Crippen LogP contribution >= 0.6 is 0 Å². The average molecular weight is 201 g/mol. The molecule has 76 valence electrons. The van der Waals surface area contributed by atoms with Crippen molar-refractivity contribution >= 4 is 9.04 Å². The summed E-state index contributed by atoms with van der Waals surface area (Å²) in [7, 11) is -1.18. The summed E-state index contributed by atoms with van der Waals surface area (Å²) in [6.45, 7) is 10.0. The zero-order valence-corrected chi connectivity index (χ0v) is 9.82. The summed E-state index contributed by atoms with van der Waals surface area (Å²) in [5, 5.41) is 0. The number of allylic oxidation sites excluding steroid dienone is 2. The van der Waals surface area contributed by atoms with Crippen LogP contribution in [-0.2, 0) is 9.26 Å². The Bertz CT molecular complexity index is 171. The van der Waals surface area contributed by atoms with E-state index in [1.54, 1.807) is 0 Å². The molecule has 1 unspecified atom stereocenters. The predicted molar refractivity (Wildman–Crippen MR) is 57.4 cm³/mol. The van der Waals surface area contributed by atoms with Crippen molar-refractivity contribution in [3.8, 4) is 0 Å². The molecule has 0 aliphatic carbocycles. The number of rotatable bonds is 7. The molecule has 4 heteroatoms. The van der Waals surface area contributed by atoms with Gasteiger partial charge in [0.2, 0.25) is 9.04 Å². The normalized spacial score (nSPS) is 13.9. The van der Waals surface area contributed by atoms with E-state index in [9.17, 15) is 0 Å². The molecule has 0 spiro atoms. The fourth-order valence-corrected chi connectivity index (χ4v) is 1.12. The van der Waals surface area contributed by atoms with E-state index in [2.05, 4.69) is 19.0 Å². The van der Waals surface area contributed by atoms with Crippen LogP contribution in [0.15, 0.2) is 24.1 Å². The summed E-state index contributed by atoms with van der Waals surface area (Å²) in [6, 6.07) is 0. The minimum absolute atomic E-state index is 0.286. The molecular formula is C9H19NO2Si. The number of hydroxylamine groups is 1. The maximum absolute atomic E-state index is 5.33. The largest absolute Gasteiger partial charge is 0.392 e. The molecular weight excluding hydrogens is 182 g/mol. The third-order valence-electron chi connectivity index (χ3n) is 1.47. The van der Waals surface area contributed by atoms with Crippen LogP contribution in [0.4, 0.5) is 0 Å². The second-order valence-electron chi connectivity index (χ2n) is 2.77. The Morgan fingerprint density at radius 3 is 2.85 bits per heavy atom. The lowest BCUT2D eigenvalue weighted by Gasteiger charge is -2.09. The van der Waals surface area contributed by atoms with Gasteiger partial charge in [0.15, 0.2) is 6.79 Å². The molecule has 1 N–H and O–H groups in total. The second-order valence-corrected chi connectivity index (χ2v) is 4.98. The SMILES string of the molecule is C=C[SiH](C)OCONC(C)=CCC. The van der Waals surface area contributed by atoms with Crippen LogP contribution < -0.4 is 5.48 Å². The predicted octanol–water partition coefficient (Wildman–Crippen LogP) is 1.87. The summed E-state index contributed by atoms with van der Waals surface area (Å²) >= 11 is 0. The van der Waals surface area contributed by atoms with Crippen LogP contribution in [0.3, 0.4) is 0 Å². The van der Waals surface area contributed by atoms with Gasteiger partial charge in [-0.05, 0) is 19.9 Å². The van der Waals surface area contributed by atoms with Gasteiger partial charge in [0, 0.05) is 5.70 Å². The average Bonchev–Trinajstić information content (AvgIpc) is 2.12. The third kappa shape index (κ3) is 7.77. The molecule has 0 radical (unpaired) electrons. The Morgan fingerprint density at radius 1 is 1.62 bits per heavy atom. The van der Waals surface area contributed by atoms with Gasteiger partial charge in [0.1, 0.15) is 0 Å². The third-order valence-corrected chi connectivity index (χ3v) is 2.79. The molecule has 0 saturated carbocycles. The van der Waals surface area contributed by atoms with Gasteiger partial charge in [-0.2, -0.15) is 0 Å². The molecule has 3 nitrogen and oxygen atoms in total. The van der Waals surface area contributed by atoms with E-state index in [0.717, 1.165) is 12.1 Å². The monoisotopic (exact) mass is 201 g/mol. The lowest BCUT2D eigenvalue weighted by atomic mass is 10.4. The van der Waals surface area contributed by atoms with Crippen LogP contribution in [-0.4, -0.2) is 15.8 Å². The maximum Gasteiger partial charge on any atom is 0.200 e. The van der Waals surface area contributed by atoms with Gasteiger partial charge in [-0.3, -0.25) is 5.48 Å². The van der Waals surface area contributed by atoms with Gasteiger partial charge in [-0.1, -0.05) is 18.7 Å². The quantitative estimate of drug-likeness (QED) is 0.295. The molecule has 1 atom stereocenters. The van der Waals surface area contributed by atoms with Crippen molar-refractivity contribution in [1.82, 2.24) is 5.48 Å². The maximum atomic E-state index is 5.33. The van der Waals surface area contributed by atoms with Crippen molar-refractivity contribution in [2.24, 2.45) is 0 Å². The molecule has 0 heterocycles.